The molecule has 0 spiro atoms. The number of nitrogens with one attached hydrogen (secondary N) is 2. The van der Waals surface area contributed by atoms with E-state index in [-0.39, 0.29) is 24.7 Å². The molecule has 36 heavy (non-hydrogen) atoms. The molecule has 0 fully saturated rings. The van der Waals surface area contributed by atoms with E-state index in [2.05, 4.69) is 0 Å². The normalized spacial score (nSPS) is 12.6. The second-order valence-electron chi connectivity index (χ2n) is 7.12. The number of rotatable bonds is 11. The molecule has 0 bridgehead atoms. The Morgan fingerprint density at radius 1 is 0.611 bits per heavy atom. The maximum absolute atomic E-state index is 14.2. The summed E-state index contributed by atoms with van der Waals surface area (Å²) < 4.78 is 123. The van der Waals surface area contributed by atoms with Crippen LogP contribution in [0.5, 0.6) is 11.5 Å². The van der Waals surface area contributed by atoms with Crippen molar-refractivity contribution in [2.24, 2.45) is 0 Å². The molecule has 2 rings (SSSR count). The average Bonchev–Trinajstić information content (AvgIpc) is 2.81. The number of hydrogen-bond acceptors (Lipinski definition) is 4. The van der Waals surface area contributed by atoms with Crippen molar-refractivity contribution in [1.29, 1.82) is 0 Å². The standard InChI is InChI=1S/C22H20F8N2O4/c1-3-35-15-9-5-13(6-10-15)31-17(33)19(23,24)21(27,28)22(29,30)20(25,26)18(34)32-14-7-11-16(12-8-14)36-4-2/h5-12H,3-4H2,1-2H3,(H,31,33)(H,32,34). The first-order valence-corrected chi connectivity index (χ1v) is 10.2. The quantitative estimate of drug-likeness (QED) is 0.373. The molecule has 198 valence electrons. The fourth-order valence-electron chi connectivity index (χ4n) is 2.70. The van der Waals surface area contributed by atoms with Crippen LogP contribution in [0.2, 0.25) is 0 Å². The van der Waals surface area contributed by atoms with E-state index in [1.165, 1.54) is 10.6 Å². The van der Waals surface area contributed by atoms with Crippen LogP contribution < -0.4 is 20.1 Å². The minimum atomic E-state index is -6.99. The third kappa shape index (κ3) is 5.46. The van der Waals surface area contributed by atoms with E-state index in [4.69, 9.17) is 9.47 Å². The Kier molecular flexibility index (Phi) is 8.42. The molecule has 2 aromatic rings. The van der Waals surface area contributed by atoms with Gasteiger partial charge in [-0.05, 0) is 62.4 Å². The molecule has 2 aromatic carbocycles. The van der Waals surface area contributed by atoms with Crippen LogP contribution in [0.4, 0.5) is 46.5 Å². The number of amides is 2. The summed E-state index contributed by atoms with van der Waals surface area (Å²) in [4.78, 5) is 23.5. The molecule has 14 heteroatoms. The predicted octanol–water partition coefficient (Wildman–Crippen LogP) is 5.60. The predicted molar refractivity (Wildman–Crippen MR) is 112 cm³/mol. The van der Waals surface area contributed by atoms with Gasteiger partial charge in [0, 0.05) is 11.4 Å². The van der Waals surface area contributed by atoms with Crippen LogP contribution >= 0.6 is 0 Å². The lowest BCUT2D eigenvalue weighted by molar-refractivity contribution is -0.345. The Morgan fingerprint density at radius 2 is 0.889 bits per heavy atom. The smallest absolute Gasteiger partial charge is 0.393 e. The Labute approximate surface area is 199 Å². The Bertz CT molecular complexity index is 975. The van der Waals surface area contributed by atoms with Gasteiger partial charge in [-0.25, -0.2) is 0 Å². The van der Waals surface area contributed by atoms with Gasteiger partial charge >= 0.3 is 35.5 Å². The van der Waals surface area contributed by atoms with E-state index in [0.29, 0.717) is 0 Å². The van der Waals surface area contributed by atoms with Crippen molar-refractivity contribution in [1.82, 2.24) is 0 Å². The summed E-state index contributed by atoms with van der Waals surface area (Å²) in [7, 11) is 0. The molecule has 0 heterocycles. The van der Waals surface area contributed by atoms with Crippen LogP contribution in [0.3, 0.4) is 0 Å². The molecule has 6 nitrogen and oxygen atoms in total. The van der Waals surface area contributed by atoms with Crippen molar-refractivity contribution in [3.63, 3.8) is 0 Å². The summed E-state index contributed by atoms with van der Waals surface area (Å²) in [5.41, 5.74) is -1.08. The van der Waals surface area contributed by atoms with E-state index in [1.807, 2.05) is 0 Å². The number of halogens is 8. The van der Waals surface area contributed by atoms with Gasteiger partial charge in [0.15, 0.2) is 0 Å². The van der Waals surface area contributed by atoms with Gasteiger partial charge in [-0.15, -0.1) is 0 Å². The van der Waals surface area contributed by atoms with Crippen LogP contribution in [-0.2, 0) is 9.59 Å². The molecular formula is C22H20F8N2O4. The van der Waals surface area contributed by atoms with Crippen molar-refractivity contribution < 1.29 is 54.2 Å². The first kappa shape index (κ1) is 28.7. The average molecular weight is 528 g/mol. The third-order valence-corrected chi connectivity index (χ3v) is 4.60. The molecule has 0 aliphatic carbocycles. The number of hydrogen-bond donors (Lipinski definition) is 2. The Hall–Kier alpha value is -3.58. The number of anilines is 2. The lowest BCUT2D eigenvalue weighted by Gasteiger charge is -2.35. The van der Waals surface area contributed by atoms with E-state index >= 15 is 0 Å². The molecule has 2 N–H and O–H groups in total. The molecule has 0 saturated heterocycles. The minimum Gasteiger partial charge on any atom is -0.494 e. The van der Waals surface area contributed by atoms with Crippen LogP contribution in [0.1, 0.15) is 13.8 Å². The van der Waals surface area contributed by atoms with Crippen LogP contribution in [0.25, 0.3) is 0 Å². The zero-order valence-corrected chi connectivity index (χ0v) is 18.7. The Morgan fingerprint density at radius 3 is 1.14 bits per heavy atom. The summed E-state index contributed by atoms with van der Waals surface area (Å²) >= 11 is 0. The Balaban J connectivity index is 2.24. The minimum absolute atomic E-state index is 0.206. The monoisotopic (exact) mass is 528 g/mol. The number of alkyl halides is 8. The summed E-state index contributed by atoms with van der Waals surface area (Å²) in [6.45, 7) is 3.66. The molecule has 0 aliphatic rings. The van der Waals surface area contributed by atoms with Gasteiger partial charge in [0.05, 0.1) is 13.2 Å². The van der Waals surface area contributed by atoms with Gasteiger partial charge in [-0.1, -0.05) is 0 Å². The highest BCUT2D eigenvalue weighted by Gasteiger charge is 2.84. The zero-order chi connectivity index (χ0) is 27.4. The first-order chi connectivity index (χ1) is 16.6. The van der Waals surface area contributed by atoms with Gasteiger partial charge in [0.2, 0.25) is 0 Å². The SMILES string of the molecule is CCOc1ccc(NC(=O)C(F)(F)C(F)(F)C(F)(F)C(F)(F)C(=O)Nc2ccc(OCC)cc2)cc1. The summed E-state index contributed by atoms with van der Waals surface area (Å²) in [5.74, 6) is -32.3. The molecule has 0 unspecified atom stereocenters. The number of benzene rings is 2. The summed E-state index contributed by atoms with van der Waals surface area (Å²) in [6, 6.07) is 8.27. The molecule has 0 saturated carbocycles. The fourth-order valence-corrected chi connectivity index (χ4v) is 2.70. The number of carbonyl (C=O) groups excluding carboxylic acids is 2. The number of ether oxygens (including phenoxy) is 2. The largest absolute Gasteiger partial charge is 0.494 e. The summed E-state index contributed by atoms with van der Waals surface area (Å²) in [6.07, 6.45) is 0. The maximum atomic E-state index is 14.2. The molecule has 0 aliphatic heterocycles. The van der Waals surface area contributed by atoms with E-state index < -0.39 is 46.9 Å². The summed E-state index contributed by atoms with van der Waals surface area (Å²) in [5, 5.41) is 2.50. The van der Waals surface area contributed by atoms with Crippen molar-refractivity contribution in [2.45, 2.75) is 37.5 Å². The topological polar surface area (TPSA) is 76.7 Å². The van der Waals surface area contributed by atoms with Gasteiger partial charge in [0.25, 0.3) is 0 Å². The maximum Gasteiger partial charge on any atom is 0.393 e. The van der Waals surface area contributed by atoms with Gasteiger partial charge < -0.3 is 20.1 Å². The van der Waals surface area contributed by atoms with Crippen molar-refractivity contribution in [3.8, 4) is 11.5 Å². The van der Waals surface area contributed by atoms with Crippen LogP contribution in [0.15, 0.2) is 48.5 Å². The van der Waals surface area contributed by atoms with E-state index in [9.17, 15) is 44.7 Å². The molecule has 0 aromatic heterocycles. The van der Waals surface area contributed by atoms with Crippen molar-refractivity contribution in [2.75, 3.05) is 23.8 Å². The fraction of sp³-hybridized carbons (Fsp3) is 0.364. The van der Waals surface area contributed by atoms with Crippen molar-refractivity contribution >= 4 is 23.2 Å². The second-order valence-corrected chi connectivity index (χ2v) is 7.12. The highest BCUT2D eigenvalue weighted by Crippen LogP contribution is 2.53. The van der Waals surface area contributed by atoms with Gasteiger partial charge in [-0.3, -0.25) is 9.59 Å². The van der Waals surface area contributed by atoms with Gasteiger partial charge in [-0.2, -0.15) is 35.1 Å². The zero-order valence-electron chi connectivity index (χ0n) is 18.7. The van der Waals surface area contributed by atoms with Crippen molar-refractivity contribution in [3.05, 3.63) is 48.5 Å². The molecular weight excluding hydrogens is 508 g/mol. The lowest BCUT2D eigenvalue weighted by atomic mass is 9.97. The van der Waals surface area contributed by atoms with Gasteiger partial charge in [0.1, 0.15) is 11.5 Å². The molecule has 2 amide bonds. The molecule has 0 atom stereocenters. The lowest BCUT2D eigenvalue weighted by Crippen LogP contribution is -2.67. The van der Waals surface area contributed by atoms with Crippen LogP contribution in [0, 0.1) is 0 Å². The third-order valence-electron chi connectivity index (χ3n) is 4.60. The van der Waals surface area contributed by atoms with E-state index in [1.54, 1.807) is 13.8 Å². The first-order valence-electron chi connectivity index (χ1n) is 10.2. The molecule has 0 radical (unpaired) electrons. The van der Waals surface area contributed by atoms with Crippen LogP contribution in [-0.4, -0.2) is 48.7 Å². The highest BCUT2D eigenvalue weighted by molar-refractivity contribution is 5.99. The number of carbonyl (C=O) groups is 2. The van der Waals surface area contributed by atoms with E-state index in [0.717, 1.165) is 48.5 Å². The second kappa shape index (κ2) is 10.6. The highest BCUT2D eigenvalue weighted by atomic mass is 19.4.